The van der Waals surface area contributed by atoms with Crippen molar-refractivity contribution in [1.82, 2.24) is 10.3 Å². The first-order valence-electron chi connectivity index (χ1n) is 16.0. The van der Waals surface area contributed by atoms with Crippen LogP contribution in [0.15, 0.2) is 91.0 Å². The lowest BCUT2D eigenvalue weighted by atomic mass is 10.0. The minimum atomic E-state index is -0.612. The molecule has 2 N–H and O–H groups in total. The fourth-order valence-electron chi connectivity index (χ4n) is 6.10. The maximum Gasteiger partial charge on any atom is 0.339 e. The quantitative estimate of drug-likeness (QED) is 0.170. The van der Waals surface area contributed by atoms with E-state index in [1.165, 1.54) is 0 Å². The van der Waals surface area contributed by atoms with E-state index < -0.39 is 18.5 Å². The van der Waals surface area contributed by atoms with Crippen LogP contribution in [0, 0.1) is 0 Å². The number of carbonyl (C=O) groups is 3. The number of nitrogens with one attached hydrogen (secondary N) is 2. The number of amides is 2. The number of benzene rings is 4. The van der Waals surface area contributed by atoms with Crippen molar-refractivity contribution in [3.8, 4) is 17.2 Å². The molecule has 1 aliphatic heterocycles. The summed E-state index contributed by atoms with van der Waals surface area (Å²) in [5, 5.41) is 6.29. The first-order chi connectivity index (χ1) is 24.0. The molecule has 7 rings (SSSR count). The number of allylic oxidation sites excluding steroid dienone is 1. The van der Waals surface area contributed by atoms with E-state index in [0.29, 0.717) is 65.0 Å². The molecule has 2 amide bonds. The molecular formula is C39H33N3O7. The van der Waals surface area contributed by atoms with Gasteiger partial charge >= 0.3 is 5.97 Å². The molecule has 1 aliphatic carbocycles. The Morgan fingerprint density at radius 1 is 0.898 bits per heavy atom. The summed E-state index contributed by atoms with van der Waals surface area (Å²) < 4.78 is 21.8. The number of rotatable bonds is 10. The number of fused-ring (bicyclic) bond motifs is 3. The highest BCUT2D eigenvalue weighted by atomic mass is 16.7. The lowest BCUT2D eigenvalue weighted by Gasteiger charge is -2.14. The number of ether oxygens (including phenoxy) is 4. The Morgan fingerprint density at radius 3 is 2.55 bits per heavy atom. The van der Waals surface area contributed by atoms with Crippen LogP contribution in [0.3, 0.4) is 0 Å². The summed E-state index contributed by atoms with van der Waals surface area (Å²) in [6.45, 7) is 0.0730. The fourth-order valence-corrected chi connectivity index (χ4v) is 6.10. The summed E-state index contributed by atoms with van der Waals surface area (Å²) in [5.74, 6) is 0.657. The van der Waals surface area contributed by atoms with Crippen LogP contribution in [0.1, 0.15) is 49.5 Å². The number of carbonyl (C=O) groups excluding carboxylic acids is 3. The molecule has 0 unspecified atom stereocenters. The average molecular weight is 656 g/mol. The Hall–Kier alpha value is -6.16. The van der Waals surface area contributed by atoms with Crippen molar-refractivity contribution in [2.75, 3.05) is 32.4 Å². The molecule has 5 aromatic rings. The molecule has 2 heterocycles. The third-order valence-corrected chi connectivity index (χ3v) is 8.52. The van der Waals surface area contributed by atoms with Gasteiger partial charge in [0.25, 0.3) is 11.8 Å². The van der Waals surface area contributed by atoms with Crippen molar-refractivity contribution < 1.29 is 33.3 Å². The monoisotopic (exact) mass is 655 g/mol. The zero-order chi connectivity index (χ0) is 33.7. The minimum Gasteiger partial charge on any atom is -0.497 e. The van der Waals surface area contributed by atoms with Crippen LogP contribution in [-0.2, 0) is 22.4 Å². The summed E-state index contributed by atoms with van der Waals surface area (Å²) in [5.41, 5.74) is 6.18. The molecule has 0 saturated carbocycles. The number of hydrogen-bond acceptors (Lipinski definition) is 8. The van der Waals surface area contributed by atoms with Crippen LogP contribution >= 0.6 is 0 Å². The minimum absolute atomic E-state index is 0.198. The van der Waals surface area contributed by atoms with Crippen molar-refractivity contribution in [3.63, 3.8) is 0 Å². The topological polar surface area (TPSA) is 125 Å². The van der Waals surface area contributed by atoms with Gasteiger partial charge in [-0.1, -0.05) is 48.5 Å². The predicted molar refractivity (Wildman–Crippen MR) is 185 cm³/mol. The maximum atomic E-state index is 13.7. The Labute approximate surface area is 282 Å². The second-order valence-corrected chi connectivity index (χ2v) is 11.6. The molecule has 4 aromatic carbocycles. The number of nitrogens with zero attached hydrogens (tertiary/aromatic N) is 1. The zero-order valence-electron chi connectivity index (χ0n) is 26.8. The van der Waals surface area contributed by atoms with Gasteiger partial charge in [0.15, 0.2) is 18.1 Å². The largest absolute Gasteiger partial charge is 0.497 e. The highest BCUT2D eigenvalue weighted by Gasteiger charge is 2.28. The SMILES string of the molecule is COc1ccc(CCNC(=O)c2ccccc2NC(=O)COC(=O)c2c3c(nc4ccccc24)/C(=C\c2ccc4c(c2)OCO4)CC3)cc1. The van der Waals surface area contributed by atoms with Crippen molar-refractivity contribution in [2.24, 2.45) is 0 Å². The van der Waals surface area contributed by atoms with E-state index in [1.807, 2.05) is 72.8 Å². The van der Waals surface area contributed by atoms with Crippen LogP contribution in [-0.4, -0.2) is 49.8 Å². The molecule has 0 atom stereocenters. The molecule has 246 valence electrons. The number of anilines is 1. The highest BCUT2D eigenvalue weighted by molar-refractivity contribution is 6.08. The fraction of sp³-hybridized carbons (Fsp3) is 0.179. The number of esters is 1. The molecule has 0 saturated heterocycles. The summed E-state index contributed by atoms with van der Waals surface area (Å²) in [7, 11) is 1.61. The van der Waals surface area contributed by atoms with Gasteiger partial charge in [0.2, 0.25) is 6.79 Å². The van der Waals surface area contributed by atoms with Crippen molar-refractivity contribution in [3.05, 3.63) is 125 Å². The Kier molecular flexibility index (Phi) is 8.92. The third-order valence-electron chi connectivity index (χ3n) is 8.52. The van der Waals surface area contributed by atoms with Gasteiger partial charge in [-0.2, -0.15) is 0 Å². The van der Waals surface area contributed by atoms with Gasteiger partial charge in [-0.05, 0) is 90.1 Å². The van der Waals surface area contributed by atoms with E-state index >= 15 is 0 Å². The molecular weight excluding hydrogens is 622 g/mol. The van der Waals surface area contributed by atoms with Gasteiger partial charge in [0, 0.05) is 11.9 Å². The second kappa shape index (κ2) is 13.9. The molecule has 0 fully saturated rings. The van der Waals surface area contributed by atoms with Gasteiger partial charge in [-0.3, -0.25) is 9.59 Å². The van der Waals surface area contributed by atoms with Crippen LogP contribution in [0.2, 0.25) is 0 Å². The number of pyridine rings is 1. The zero-order valence-corrected chi connectivity index (χ0v) is 26.8. The van der Waals surface area contributed by atoms with Crippen molar-refractivity contribution in [1.29, 1.82) is 0 Å². The van der Waals surface area contributed by atoms with Gasteiger partial charge in [0.05, 0.1) is 35.1 Å². The number of para-hydroxylation sites is 2. The van der Waals surface area contributed by atoms with Gasteiger partial charge in [-0.15, -0.1) is 0 Å². The van der Waals surface area contributed by atoms with E-state index in [1.54, 1.807) is 31.4 Å². The summed E-state index contributed by atoms with van der Waals surface area (Å²) in [6, 6.07) is 27.5. The molecule has 2 aliphatic rings. The third kappa shape index (κ3) is 6.80. The maximum absolute atomic E-state index is 13.7. The highest BCUT2D eigenvalue weighted by Crippen LogP contribution is 2.39. The first kappa shape index (κ1) is 31.4. The van der Waals surface area contributed by atoms with Gasteiger partial charge in [0.1, 0.15) is 5.75 Å². The van der Waals surface area contributed by atoms with Crippen molar-refractivity contribution >= 4 is 46.0 Å². The van der Waals surface area contributed by atoms with E-state index in [2.05, 4.69) is 10.6 Å². The van der Waals surface area contributed by atoms with E-state index in [0.717, 1.165) is 33.7 Å². The standard InChI is InChI=1S/C39H33N3O7/c1-46-27-14-10-24(11-15-27)18-19-40-38(44)29-7-3-5-9-32(29)41-35(43)22-47-39(45)36-28-6-2-4-8-31(28)42-37-26(13-16-30(36)37)20-25-12-17-33-34(21-25)49-23-48-33/h2-12,14-15,17,20-21H,13,16,18-19,22-23H2,1H3,(H,40,44)(H,41,43)/b26-20-. The smallest absolute Gasteiger partial charge is 0.339 e. The van der Waals surface area contributed by atoms with E-state index in [4.69, 9.17) is 23.9 Å². The molecule has 0 bridgehead atoms. The van der Waals surface area contributed by atoms with Crippen LogP contribution < -0.4 is 24.8 Å². The van der Waals surface area contributed by atoms with E-state index in [-0.39, 0.29) is 12.7 Å². The first-order valence-corrected chi connectivity index (χ1v) is 16.0. The molecule has 0 radical (unpaired) electrons. The normalized spacial score (nSPS) is 13.6. The Bertz CT molecular complexity index is 2110. The summed E-state index contributed by atoms with van der Waals surface area (Å²) >= 11 is 0. The van der Waals surface area contributed by atoms with Crippen LogP contribution in [0.5, 0.6) is 17.2 Å². The van der Waals surface area contributed by atoms with Gasteiger partial charge in [-0.25, -0.2) is 9.78 Å². The molecule has 1 aromatic heterocycles. The summed E-state index contributed by atoms with van der Waals surface area (Å²) in [4.78, 5) is 44.6. The van der Waals surface area contributed by atoms with Gasteiger partial charge < -0.3 is 29.6 Å². The number of hydrogen-bond donors (Lipinski definition) is 2. The molecule has 10 nitrogen and oxygen atoms in total. The van der Waals surface area contributed by atoms with Crippen LogP contribution in [0.25, 0.3) is 22.6 Å². The van der Waals surface area contributed by atoms with E-state index in [9.17, 15) is 14.4 Å². The predicted octanol–water partition coefficient (Wildman–Crippen LogP) is 6.23. The lowest BCUT2D eigenvalue weighted by Crippen LogP contribution is -2.28. The lowest BCUT2D eigenvalue weighted by molar-refractivity contribution is -0.119. The Balaban J connectivity index is 1.03. The molecule has 49 heavy (non-hydrogen) atoms. The summed E-state index contributed by atoms with van der Waals surface area (Å²) in [6.07, 6.45) is 3.96. The second-order valence-electron chi connectivity index (χ2n) is 11.6. The number of aromatic nitrogens is 1. The van der Waals surface area contributed by atoms with Crippen molar-refractivity contribution in [2.45, 2.75) is 19.3 Å². The molecule has 0 spiro atoms. The Morgan fingerprint density at radius 2 is 1.69 bits per heavy atom. The number of methoxy groups -OCH3 is 1. The van der Waals surface area contributed by atoms with Crippen LogP contribution in [0.4, 0.5) is 5.69 Å². The molecule has 10 heteroatoms. The average Bonchev–Trinajstić information content (AvgIpc) is 3.76.